The lowest BCUT2D eigenvalue weighted by Gasteiger charge is -2.18. The molecular formula is C21H39NO5. The number of carbonyl (C=O) groups is 3. The number of nitrogens with one attached hydrogen (secondary N) is 1. The van der Waals surface area contributed by atoms with Gasteiger partial charge < -0.3 is 14.8 Å². The van der Waals surface area contributed by atoms with Crippen molar-refractivity contribution in [2.75, 3.05) is 13.2 Å². The Bertz CT molecular complexity index is 438. The van der Waals surface area contributed by atoms with Crippen molar-refractivity contribution in [3.63, 3.8) is 0 Å². The van der Waals surface area contributed by atoms with E-state index < -0.39 is 6.10 Å². The van der Waals surface area contributed by atoms with E-state index in [-0.39, 0.29) is 42.8 Å². The second-order valence-electron chi connectivity index (χ2n) is 7.03. The predicted molar refractivity (Wildman–Crippen MR) is 106 cm³/mol. The molecule has 0 aromatic heterocycles. The van der Waals surface area contributed by atoms with Gasteiger partial charge in [0.2, 0.25) is 0 Å². The van der Waals surface area contributed by atoms with Gasteiger partial charge >= 0.3 is 11.9 Å². The number of esters is 2. The van der Waals surface area contributed by atoms with Crippen LogP contribution in [-0.2, 0) is 23.9 Å². The molecule has 158 valence electrons. The van der Waals surface area contributed by atoms with Gasteiger partial charge in [-0.2, -0.15) is 0 Å². The third-order valence-electron chi connectivity index (χ3n) is 4.77. The number of carbonyl (C=O) groups excluding carboxylic acids is 3. The summed E-state index contributed by atoms with van der Waals surface area (Å²) in [5.41, 5.74) is 0. The lowest BCUT2D eigenvalue weighted by atomic mass is 10.00. The molecule has 0 rings (SSSR count). The fraction of sp³-hybridized carbons (Fsp3) is 0.857. The Morgan fingerprint density at radius 3 is 1.85 bits per heavy atom. The lowest BCUT2D eigenvalue weighted by Crippen LogP contribution is -2.39. The predicted octanol–water partition coefficient (Wildman–Crippen LogP) is 4.01. The highest BCUT2D eigenvalue weighted by Gasteiger charge is 2.23. The standard InChI is InChI=1S/C21H39NO5/c1-6-10-12-17(8-3)20(24)26-15-14-22-19(23)16(5)27-21(25)18(9-4)13-11-7-2/h16-18H,6-15H2,1-5H3,(H,22,23)/t16-,17+,18-/m0/s1. The van der Waals surface area contributed by atoms with Crippen LogP contribution in [0.4, 0.5) is 0 Å². The summed E-state index contributed by atoms with van der Waals surface area (Å²) >= 11 is 0. The highest BCUT2D eigenvalue weighted by Crippen LogP contribution is 2.16. The summed E-state index contributed by atoms with van der Waals surface area (Å²) in [5.74, 6) is -1.13. The van der Waals surface area contributed by atoms with Crippen molar-refractivity contribution in [1.82, 2.24) is 5.32 Å². The van der Waals surface area contributed by atoms with Crippen molar-refractivity contribution < 1.29 is 23.9 Å². The minimum Gasteiger partial charge on any atom is -0.464 e. The van der Waals surface area contributed by atoms with E-state index in [2.05, 4.69) is 19.2 Å². The van der Waals surface area contributed by atoms with Gasteiger partial charge in [0.1, 0.15) is 6.61 Å². The molecule has 0 spiro atoms. The zero-order chi connectivity index (χ0) is 20.7. The number of amides is 1. The molecule has 0 aliphatic carbocycles. The summed E-state index contributed by atoms with van der Waals surface area (Å²) in [5, 5.41) is 2.65. The fourth-order valence-corrected chi connectivity index (χ4v) is 2.79. The van der Waals surface area contributed by atoms with Crippen molar-refractivity contribution in [1.29, 1.82) is 0 Å². The van der Waals surface area contributed by atoms with E-state index >= 15 is 0 Å². The molecule has 0 aromatic rings. The van der Waals surface area contributed by atoms with Crippen molar-refractivity contribution in [2.24, 2.45) is 11.8 Å². The molecule has 0 radical (unpaired) electrons. The summed E-state index contributed by atoms with van der Waals surface area (Å²) in [6, 6.07) is 0. The van der Waals surface area contributed by atoms with E-state index in [9.17, 15) is 14.4 Å². The molecule has 1 N–H and O–H groups in total. The molecular weight excluding hydrogens is 346 g/mol. The Hall–Kier alpha value is -1.59. The summed E-state index contributed by atoms with van der Waals surface area (Å²) in [7, 11) is 0. The number of rotatable bonds is 15. The monoisotopic (exact) mass is 385 g/mol. The van der Waals surface area contributed by atoms with E-state index in [1.165, 1.54) is 0 Å². The van der Waals surface area contributed by atoms with E-state index in [1.807, 2.05) is 13.8 Å². The Labute approximate surface area is 164 Å². The zero-order valence-electron chi connectivity index (χ0n) is 17.8. The second kappa shape index (κ2) is 15.5. The molecule has 6 heteroatoms. The van der Waals surface area contributed by atoms with Gasteiger partial charge in [-0.3, -0.25) is 14.4 Å². The number of hydrogen-bond acceptors (Lipinski definition) is 5. The molecule has 1 amide bonds. The highest BCUT2D eigenvalue weighted by molar-refractivity contribution is 5.83. The molecule has 6 nitrogen and oxygen atoms in total. The lowest BCUT2D eigenvalue weighted by molar-refractivity contribution is -0.159. The van der Waals surface area contributed by atoms with Gasteiger partial charge in [-0.05, 0) is 32.6 Å². The number of unbranched alkanes of at least 4 members (excludes halogenated alkanes) is 2. The molecule has 3 atom stereocenters. The van der Waals surface area contributed by atoms with Crippen LogP contribution in [0, 0.1) is 11.8 Å². The molecule has 0 aromatic carbocycles. The average Bonchev–Trinajstić information content (AvgIpc) is 2.66. The van der Waals surface area contributed by atoms with Crippen LogP contribution in [-0.4, -0.2) is 37.1 Å². The highest BCUT2D eigenvalue weighted by atomic mass is 16.5. The van der Waals surface area contributed by atoms with Gasteiger partial charge in [0.25, 0.3) is 5.91 Å². The maximum Gasteiger partial charge on any atom is 0.309 e. The van der Waals surface area contributed by atoms with Crippen LogP contribution in [0.15, 0.2) is 0 Å². The van der Waals surface area contributed by atoms with Gasteiger partial charge in [0, 0.05) is 0 Å². The Morgan fingerprint density at radius 2 is 1.37 bits per heavy atom. The quantitative estimate of drug-likeness (QED) is 0.340. The molecule has 0 fully saturated rings. The minimum absolute atomic E-state index is 0.0744. The minimum atomic E-state index is -0.850. The molecule has 0 saturated carbocycles. The van der Waals surface area contributed by atoms with Crippen LogP contribution in [0.3, 0.4) is 0 Å². The molecule has 0 aliphatic heterocycles. The normalized spacial score (nSPS) is 14.1. The Balaban J connectivity index is 4.16. The summed E-state index contributed by atoms with van der Waals surface area (Å²) < 4.78 is 10.5. The Kier molecular flexibility index (Phi) is 14.6. The number of hydrogen-bond donors (Lipinski definition) is 1. The SMILES string of the molecule is CCCC[C@@H](CC)C(=O)OCCNC(=O)[C@H](C)OC(=O)[C@@H](CC)CCCC. The van der Waals surface area contributed by atoms with E-state index in [4.69, 9.17) is 9.47 Å². The second-order valence-corrected chi connectivity index (χ2v) is 7.03. The van der Waals surface area contributed by atoms with Crippen LogP contribution >= 0.6 is 0 Å². The third-order valence-corrected chi connectivity index (χ3v) is 4.77. The maximum absolute atomic E-state index is 12.1. The first kappa shape index (κ1) is 25.4. The number of ether oxygens (including phenoxy) is 2. The fourth-order valence-electron chi connectivity index (χ4n) is 2.79. The van der Waals surface area contributed by atoms with Crippen molar-refractivity contribution in [3.8, 4) is 0 Å². The van der Waals surface area contributed by atoms with Crippen LogP contribution in [0.2, 0.25) is 0 Å². The first-order chi connectivity index (χ1) is 12.9. The zero-order valence-corrected chi connectivity index (χ0v) is 17.8. The van der Waals surface area contributed by atoms with Gasteiger partial charge in [-0.15, -0.1) is 0 Å². The molecule has 0 saturated heterocycles. The van der Waals surface area contributed by atoms with E-state index in [0.29, 0.717) is 6.42 Å². The maximum atomic E-state index is 12.1. The summed E-state index contributed by atoms with van der Waals surface area (Å²) in [6.45, 7) is 9.99. The largest absolute Gasteiger partial charge is 0.464 e. The van der Waals surface area contributed by atoms with Crippen molar-refractivity contribution >= 4 is 17.8 Å². The first-order valence-corrected chi connectivity index (χ1v) is 10.6. The molecule has 0 heterocycles. The molecule has 27 heavy (non-hydrogen) atoms. The topological polar surface area (TPSA) is 81.7 Å². The average molecular weight is 386 g/mol. The van der Waals surface area contributed by atoms with Crippen LogP contribution < -0.4 is 5.32 Å². The molecule has 0 bridgehead atoms. The first-order valence-electron chi connectivity index (χ1n) is 10.6. The van der Waals surface area contributed by atoms with Gasteiger partial charge in [-0.25, -0.2) is 0 Å². The van der Waals surface area contributed by atoms with E-state index in [1.54, 1.807) is 6.92 Å². The van der Waals surface area contributed by atoms with Crippen molar-refractivity contribution in [2.45, 2.75) is 92.1 Å². The summed E-state index contributed by atoms with van der Waals surface area (Å²) in [4.78, 5) is 36.2. The van der Waals surface area contributed by atoms with E-state index in [0.717, 1.165) is 44.9 Å². The van der Waals surface area contributed by atoms with Crippen LogP contribution in [0.5, 0.6) is 0 Å². The smallest absolute Gasteiger partial charge is 0.309 e. The van der Waals surface area contributed by atoms with Crippen LogP contribution in [0.1, 0.15) is 86.0 Å². The Morgan fingerprint density at radius 1 is 0.852 bits per heavy atom. The molecule has 0 unspecified atom stereocenters. The van der Waals surface area contributed by atoms with Gasteiger partial charge in [0.05, 0.1) is 18.4 Å². The molecule has 0 aliphatic rings. The van der Waals surface area contributed by atoms with Gasteiger partial charge in [0.15, 0.2) is 6.10 Å². The van der Waals surface area contributed by atoms with Crippen molar-refractivity contribution in [3.05, 3.63) is 0 Å². The van der Waals surface area contributed by atoms with Crippen LogP contribution in [0.25, 0.3) is 0 Å². The van der Waals surface area contributed by atoms with Gasteiger partial charge in [-0.1, -0.05) is 53.4 Å². The third kappa shape index (κ3) is 11.0. The summed E-state index contributed by atoms with van der Waals surface area (Å²) in [6.07, 6.45) is 6.28.